The van der Waals surface area contributed by atoms with Gasteiger partial charge < -0.3 is 5.73 Å². The third-order valence-electron chi connectivity index (χ3n) is 2.37. The minimum absolute atomic E-state index is 0. The molecule has 0 heterocycles. The Kier molecular flexibility index (Phi) is 6.70. The SMILES string of the molecule is CCNS(=O)(=O)NC1CCCC(N)C1.Cl. The van der Waals surface area contributed by atoms with Gasteiger partial charge in [0.15, 0.2) is 0 Å². The summed E-state index contributed by atoms with van der Waals surface area (Å²) in [5.41, 5.74) is 5.76. The van der Waals surface area contributed by atoms with Crippen LogP contribution in [0.3, 0.4) is 0 Å². The Balaban J connectivity index is 0.00000196. The molecule has 2 atom stereocenters. The Hall–Kier alpha value is 0.120. The van der Waals surface area contributed by atoms with Crippen LogP contribution in [0.4, 0.5) is 0 Å². The first-order valence-electron chi connectivity index (χ1n) is 5.06. The van der Waals surface area contributed by atoms with Crippen LogP contribution in [0.2, 0.25) is 0 Å². The van der Waals surface area contributed by atoms with Crippen molar-refractivity contribution >= 4 is 22.6 Å². The van der Waals surface area contributed by atoms with Crippen molar-refractivity contribution in [3.8, 4) is 0 Å². The number of halogens is 1. The highest BCUT2D eigenvalue weighted by molar-refractivity contribution is 7.87. The third-order valence-corrected chi connectivity index (χ3v) is 3.68. The maximum Gasteiger partial charge on any atom is 0.277 e. The van der Waals surface area contributed by atoms with Gasteiger partial charge in [-0.15, -0.1) is 12.4 Å². The topological polar surface area (TPSA) is 84.2 Å². The second-order valence-electron chi connectivity index (χ2n) is 3.74. The number of rotatable bonds is 4. The van der Waals surface area contributed by atoms with E-state index in [9.17, 15) is 8.42 Å². The van der Waals surface area contributed by atoms with E-state index in [4.69, 9.17) is 5.73 Å². The zero-order valence-electron chi connectivity index (χ0n) is 8.90. The van der Waals surface area contributed by atoms with Crippen molar-refractivity contribution in [2.45, 2.75) is 44.7 Å². The van der Waals surface area contributed by atoms with E-state index in [-0.39, 0.29) is 24.5 Å². The predicted octanol–water partition coefficient (Wildman–Crippen LogP) is 0.122. The van der Waals surface area contributed by atoms with Crippen molar-refractivity contribution in [3.63, 3.8) is 0 Å². The van der Waals surface area contributed by atoms with Gasteiger partial charge in [0.05, 0.1) is 0 Å². The summed E-state index contributed by atoms with van der Waals surface area (Å²) < 4.78 is 27.7. The van der Waals surface area contributed by atoms with Gasteiger partial charge in [0.2, 0.25) is 0 Å². The highest BCUT2D eigenvalue weighted by Gasteiger charge is 2.22. The normalized spacial score (nSPS) is 27.1. The largest absolute Gasteiger partial charge is 0.328 e. The van der Waals surface area contributed by atoms with E-state index >= 15 is 0 Å². The van der Waals surface area contributed by atoms with Gasteiger partial charge in [-0.2, -0.15) is 13.1 Å². The lowest BCUT2D eigenvalue weighted by molar-refractivity contribution is 0.370. The number of hydrogen-bond acceptors (Lipinski definition) is 3. The first-order valence-corrected chi connectivity index (χ1v) is 6.54. The first-order chi connectivity index (χ1) is 6.53. The number of nitrogens with two attached hydrogens (primary N) is 1. The van der Waals surface area contributed by atoms with E-state index in [1.165, 1.54) is 0 Å². The molecule has 1 saturated carbocycles. The van der Waals surface area contributed by atoms with Crippen LogP contribution in [-0.2, 0) is 10.2 Å². The summed E-state index contributed by atoms with van der Waals surface area (Å²) in [5.74, 6) is 0. The van der Waals surface area contributed by atoms with Gasteiger partial charge in [-0.25, -0.2) is 4.72 Å². The Bertz CT molecular complexity index is 271. The van der Waals surface area contributed by atoms with Gasteiger partial charge in [-0.3, -0.25) is 0 Å². The summed E-state index contributed by atoms with van der Waals surface area (Å²) in [6.07, 6.45) is 3.63. The van der Waals surface area contributed by atoms with E-state index in [1.54, 1.807) is 6.92 Å². The summed E-state index contributed by atoms with van der Waals surface area (Å²) in [4.78, 5) is 0. The summed E-state index contributed by atoms with van der Waals surface area (Å²) in [6, 6.07) is 0.140. The molecule has 2 unspecified atom stereocenters. The molecular weight excluding hydrogens is 238 g/mol. The van der Waals surface area contributed by atoms with Gasteiger partial charge in [0.1, 0.15) is 0 Å². The van der Waals surface area contributed by atoms with Crippen LogP contribution < -0.4 is 15.2 Å². The Morgan fingerprint density at radius 3 is 2.60 bits per heavy atom. The lowest BCUT2D eigenvalue weighted by Crippen LogP contribution is -2.46. The van der Waals surface area contributed by atoms with Crippen LogP contribution in [-0.4, -0.2) is 27.0 Å². The van der Waals surface area contributed by atoms with E-state index < -0.39 is 10.2 Å². The van der Waals surface area contributed by atoms with Crippen LogP contribution in [0.5, 0.6) is 0 Å². The minimum atomic E-state index is -3.31. The monoisotopic (exact) mass is 257 g/mol. The molecule has 0 aromatic carbocycles. The molecule has 0 amide bonds. The fourth-order valence-corrected chi connectivity index (χ4v) is 2.90. The number of hydrogen-bond donors (Lipinski definition) is 3. The first kappa shape index (κ1) is 15.1. The lowest BCUT2D eigenvalue weighted by Gasteiger charge is -2.26. The van der Waals surface area contributed by atoms with Crippen molar-refractivity contribution in [1.29, 1.82) is 0 Å². The second kappa shape index (κ2) is 6.65. The molecule has 1 aliphatic rings. The molecule has 0 aromatic heterocycles. The van der Waals surface area contributed by atoms with Crippen LogP contribution in [0, 0.1) is 0 Å². The van der Waals surface area contributed by atoms with Crippen molar-refractivity contribution in [3.05, 3.63) is 0 Å². The van der Waals surface area contributed by atoms with Crippen molar-refractivity contribution in [1.82, 2.24) is 9.44 Å². The molecule has 5 nitrogen and oxygen atoms in total. The average molecular weight is 258 g/mol. The van der Waals surface area contributed by atoms with Crippen LogP contribution in [0.1, 0.15) is 32.6 Å². The third kappa shape index (κ3) is 5.67. The number of nitrogens with one attached hydrogen (secondary N) is 2. The molecule has 4 N–H and O–H groups in total. The molecule has 0 aliphatic heterocycles. The highest BCUT2D eigenvalue weighted by atomic mass is 35.5. The summed E-state index contributed by atoms with van der Waals surface area (Å²) in [7, 11) is -3.31. The molecule has 0 aromatic rings. The van der Waals surface area contributed by atoms with Crippen LogP contribution in [0.25, 0.3) is 0 Å². The maximum atomic E-state index is 11.3. The standard InChI is InChI=1S/C8H19N3O2S.ClH/c1-2-10-14(12,13)11-8-5-3-4-7(9)6-8;/h7-8,10-11H,2-6,9H2,1H3;1H. The highest BCUT2D eigenvalue weighted by Crippen LogP contribution is 2.17. The zero-order chi connectivity index (χ0) is 10.6. The molecule has 15 heavy (non-hydrogen) atoms. The van der Waals surface area contributed by atoms with Gasteiger partial charge in [-0.1, -0.05) is 13.3 Å². The van der Waals surface area contributed by atoms with E-state index in [1.807, 2.05) is 0 Å². The fourth-order valence-electron chi connectivity index (χ4n) is 1.79. The van der Waals surface area contributed by atoms with Gasteiger partial charge >= 0.3 is 0 Å². The molecule has 1 aliphatic carbocycles. The Morgan fingerprint density at radius 2 is 2.07 bits per heavy atom. The molecule has 0 radical (unpaired) electrons. The molecule has 1 rings (SSSR count). The predicted molar refractivity (Wildman–Crippen MR) is 63.2 cm³/mol. The van der Waals surface area contributed by atoms with Crippen molar-refractivity contribution < 1.29 is 8.42 Å². The van der Waals surface area contributed by atoms with Gasteiger partial charge in [-0.05, 0) is 19.3 Å². The summed E-state index contributed by atoms with van der Waals surface area (Å²) >= 11 is 0. The quantitative estimate of drug-likeness (QED) is 0.669. The molecule has 0 spiro atoms. The van der Waals surface area contributed by atoms with E-state index in [2.05, 4.69) is 9.44 Å². The second-order valence-corrected chi connectivity index (χ2v) is 5.27. The van der Waals surface area contributed by atoms with Gasteiger partial charge in [0.25, 0.3) is 10.2 Å². The van der Waals surface area contributed by atoms with Crippen LogP contribution >= 0.6 is 12.4 Å². The molecule has 7 heteroatoms. The maximum absolute atomic E-state index is 11.3. The van der Waals surface area contributed by atoms with Crippen LogP contribution in [0.15, 0.2) is 0 Å². The average Bonchev–Trinajstić information content (AvgIpc) is 2.02. The Morgan fingerprint density at radius 1 is 1.40 bits per heavy atom. The minimum Gasteiger partial charge on any atom is -0.328 e. The molecule has 0 saturated heterocycles. The van der Waals surface area contributed by atoms with E-state index in [0.717, 1.165) is 25.7 Å². The van der Waals surface area contributed by atoms with Crippen molar-refractivity contribution in [2.24, 2.45) is 5.73 Å². The summed E-state index contributed by atoms with van der Waals surface area (Å²) in [6.45, 7) is 2.17. The molecule has 0 bridgehead atoms. The summed E-state index contributed by atoms with van der Waals surface area (Å²) in [5, 5.41) is 0. The molecule has 92 valence electrons. The zero-order valence-corrected chi connectivity index (χ0v) is 10.5. The smallest absolute Gasteiger partial charge is 0.277 e. The Labute approximate surface area is 97.8 Å². The molecular formula is C8H20ClN3O2S. The fraction of sp³-hybridized carbons (Fsp3) is 1.00. The van der Waals surface area contributed by atoms with E-state index in [0.29, 0.717) is 6.54 Å². The molecule has 1 fully saturated rings. The lowest BCUT2D eigenvalue weighted by atomic mass is 9.92. The van der Waals surface area contributed by atoms with Gasteiger partial charge in [0, 0.05) is 18.6 Å². The van der Waals surface area contributed by atoms with Crippen molar-refractivity contribution in [2.75, 3.05) is 6.54 Å².